The first kappa shape index (κ1) is 14.8. The highest BCUT2D eigenvalue weighted by Gasteiger charge is 2.11. The zero-order chi connectivity index (χ0) is 14.5. The molecule has 20 heavy (non-hydrogen) atoms. The molecule has 106 valence electrons. The number of hydrogen-bond acceptors (Lipinski definition) is 5. The molecule has 5 nitrogen and oxygen atoms in total. The van der Waals surface area contributed by atoms with Gasteiger partial charge in [-0.1, -0.05) is 0 Å². The maximum absolute atomic E-state index is 11.8. The molecule has 0 unspecified atom stereocenters. The van der Waals surface area contributed by atoms with Crippen molar-refractivity contribution in [3.8, 4) is 0 Å². The fraction of sp³-hybridized carbons (Fsp3) is 0.308. The maximum atomic E-state index is 11.8. The van der Waals surface area contributed by atoms with Gasteiger partial charge in [0.15, 0.2) is 3.95 Å². The predicted molar refractivity (Wildman–Crippen MR) is 80.2 cm³/mol. The number of nitrogens with zero attached hydrogens (tertiary/aromatic N) is 1. The molecule has 0 aliphatic carbocycles. The lowest BCUT2D eigenvalue weighted by Gasteiger charge is -2.11. The van der Waals surface area contributed by atoms with Crippen LogP contribution in [0.15, 0.2) is 24.5 Å². The molecule has 0 fully saturated rings. The van der Waals surface area contributed by atoms with Gasteiger partial charge >= 0.3 is 0 Å². The molecule has 0 spiro atoms. The quantitative estimate of drug-likeness (QED) is 0.737. The minimum atomic E-state index is -0.729. The van der Waals surface area contributed by atoms with Crippen molar-refractivity contribution < 1.29 is 9.90 Å². The van der Waals surface area contributed by atoms with Gasteiger partial charge in [-0.25, -0.2) is 0 Å². The van der Waals surface area contributed by atoms with Gasteiger partial charge < -0.3 is 15.4 Å². The number of rotatable bonds is 5. The van der Waals surface area contributed by atoms with Gasteiger partial charge in [0.2, 0.25) is 5.91 Å². The maximum Gasteiger partial charge on any atom is 0.225 e. The Balaban J connectivity index is 1.86. The largest absolute Gasteiger partial charge is 0.387 e. The standard InChI is InChI=1S/C13H15N3O2S2/c1-8-11(20-13(19)16-8)6-12(18)15-7-10(17)9-2-4-14-5-3-9/h2-5,10,17H,6-7H2,1H3,(H,15,18)(H,16,19)/t10-/m0/s1. The summed E-state index contributed by atoms with van der Waals surface area (Å²) < 4.78 is 0.669. The van der Waals surface area contributed by atoms with Gasteiger partial charge in [0.1, 0.15) is 0 Å². The van der Waals surface area contributed by atoms with Crippen LogP contribution in [0, 0.1) is 10.9 Å². The fourth-order valence-electron chi connectivity index (χ4n) is 1.73. The SMILES string of the molecule is Cc1[nH]c(=S)sc1CC(=O)NC[C@H](O)c1ccncc1. The summed E-state index contributed by atoms with van der Waals surface area (Å²) in [4.78, 5) is 19.6. The third kappa shape index (κ3) is 3.96. The van der Waals surface area contributed by atoms with E-state index in [9.17, 15) is 9.90 Å². The van der Waals surface area contributed by atoms with E-state index in [1.54, 1.807) is 24.5 Å². The molecular formula is C13H15N3O2S2. The molecule has 0 radical (unpaired) electrons. The topological polar surface area (TPSA) is 78.0 Å². The number of aliphatic hydroxyl groups is 1. The van der Waals surface area contributed by atoms with Crippen molar-refractivity contribution >= 4 is 29.5 Å². The molecule has 2 heterocycles. The van der Waals surface area contributed by atoms with Crippen LogP contribution < -0.4 is 5.32 Å². The number of aryl methyl sites for hydroxylation is 1. The average molecular weight is 309 g/mol. The van der Waals surface area contributed by atoms with E-state index in [1.807, 2.05) is 6.92 Å². The number of H-pyrrole nitrogens is 1. The summed E-state index contributed by atoms with van der Waals surface area (Å²) in [7, 11) is 0. The van der Waals surface area contributed by atoms with Crippen LogP contribution in [0.3, 0.4) is 0 Å². The van der Waals surface area contributed by atoms with Crippen LogP contribution in [0.4, 0.5) is 0 Å². The van der Waals surface area contributed by atoms with E-state index in [2.05, 4.69) is 15.3 Å². The van der Waals surface area contributed by atoms with Crippen molar-refractivity contribution in [2.24, 2.45) is 0 Å². The number of carbonyl (C=O) groups is 1. The molecule has 3 N–H and O–H groups in total. The second-order valence-electron chi connectivity index (χ2n) is 4.34. The smallest absolute Gasteiger partial charge is 0.225 e. The average Bonchev–Trinajstić information content (AvgIpc) is 2.75. The predicted octanol–water partition coefficient (Wildman–Crippen LogP) is 1.90. The van der Waals surface area contributed by atoms with Crippen molar-refractivity contribution in [2.45, 2.75) is 19.4 Å². The molecular weight excluding hydrogens is 294 g/mol. The number of hydrogen-bond donors (Lipinski definition) is 3. The van der Waals surface area contributed by atoms with Crippen molar-refractivity contribution in [3.63, 3.8) is 0 Å². The van der Waals surface area contributed by atoms with E-state index in [-0.39, 0.29) is 18.9 Å². The Morgan fingerprint density at radius 2 is 2.25 bits per heavy atom. The molecule has 2 aromatic heterocycles. The van der Waals surface area contributed by atoms with Crippen LogP contribution in [0.1, 0.15) is 22.2 Å². The molecule has 1 amide bonds. The third-order valence-electron chi connectivity index (χ3n) is 2.83. The monoisotopic (exact) mass is 309 g/mol. The molecule has 0 aliphatic rings. The van der Waals surface area contributed by atoms with Gasteiger partial charge in [-0.15, -0.1) is 11.3 Å². The Morgan fingerprint density at radius 3 is 2.85 bits per heavy atom. The lowest BCUT2D eigenvalue weighted by molar-refractivity contribution is -0.120. The molecule has 2 aromatic rings. The number of aliphatic hydroxyl groups excluding tert-OH is 1. The zero-order valence-corrected chi connectivity index (χ0v) is 12.6. The second kappa shape index (κ2) is 6.74. The van der Waals surface area contributed by atoms with E-state index in [4.69, 9.17) is 12.2 Å². The zero-order valence-electron chi connectivity index (χ0n) is 10.9. The van der Waals surface area contributed by atoms with Gasteiger partial charge in [-0.05, 0) is 36.8 Å². The number of carbonyl (C=O) groups excluding carboxylic acids is 1. The first-order valence-electron chi connectivity index (χ1n) is 6.09. The highest BCUT2D eigenvalue weighted by atomic mass is 32.1. The number of amides is 1. The van der Waals surface area contributed by atoms with Crippen LogP contribution in [0.2, 0.25) is 0 Å². The van der Waals surface area contributed by atoms with Crippen LogP contribution >= 0.6 is 23.6 Å². The Bertz CT molecular complexity index is 637. The number of aromatic nitrogens is 2. The summed E-state index contributed by atoms with van der Waals surface area (Å²) in [5.74, 6) is -0.133. The van der Waals surface area contributed by atoms with E-state index < -0.39 is 6.10 Å². The summed E-state index contributed by atoms with van der Waals surface area (Å²) in [5, 5.41) is 12.6. The third-order valence-corrected chi connectivity index (χ3v) is 4.16. The first-order chi connectivity index (χ1) is 9.56. The van der Waals surface area contributed by atoms with Gasteiger partial charge in [-0.2, -0.15) is 0 Å². The van der Waals surface area contributed by atoms with E-state index >= 15 is 0 Å². The van der Waals surface area contributed by atoms with Crippen molar-refractivity contribution in [2.75, 3.05) is 6.54 Å². The Hall–Kier alpha value is -1.57. The van der Waals surface area contributed by atoms with Crippen molar-refractivity contribution in [1.29, 1.82) is 0 Å². The van der Waals surface area contributed by atoms with E-state index in [0.29, 0.717) is 3.95 Å². The molecule has 2 rings (SSSR count). The Labute approximate surface area is 125 Å². The van der Waals surface area contributed by atoms with Crippen molar-refractivity contribution in [3.05, 3.63) is 44.6 Å². The highest BCUT2D eigenvalue weighted by molar-refractivity contribution is 7.73. The minimum Gasteiger partial charge on any atom is -0.387 e. The fourth-order valence-corrected chi connectivity index (χ4v) is 3.02. The minimum absolute atomic E-state index is 0.133. The van der Waals surface area contributed by atoms with Gasteiger partial charge in [0.25, 0.3) is 0 Å². The number of pyridine rings is 1. The lowest BCUT2D eigenvalue weighted by atomic mass is 10.1. The molecule has 0 aliphatic heterocycles. The van der Waals surface area contributed by atoms with E-state index in [1.165, 1.54) is 11.3 Å². The molecule has 0 saturated heterocycles. The number of aromatic amines is 1. The first-order valence-corrected chi connectivity index (χ1v) is 7.32. The Kier molecular flexibility index (Phi) is 4.99. The number of thiazole rings is 1. The van der Waals surface area contributed by atoms with Crippen LogP contribution in [0.25, 0.3) is 0 Å². The van der Waals surface area contributed by atoms with Crippen molar-refractivity contribution in [1.82, 2.24) is 15.3 Å². The molecule has 1 atom stereocenters. The normalized spacial score (nSPS) is 12.1. The molecule has 0 bridgehead atoms. The summed E-state index contributed by atoms with van der Waals surface area (Å²) in [6.07, 6.45) is 2.76. The van der Waals surface area contributed by atoms with Crippen LogP contribution in [0.5, 0.6) is 0 Å². The Morgan fingerprint density at radius 1 is 1.55 bits per heavy atom. The molecule has 7 heteroatoms. The van der Waals surface area contributed by atoms with Crippen LogP contribution in [-0.2, 0) is 11.2 Å². The molecule has 0 saturated carbocycles. The second-order valence-corrected chi connectivity index (χ2v) is 6.11. The van der Waals surface area contributed by atoms with Gasteiger partial charge in [0.05, 0.1) is 12.5 Å². The van der Waals surface area contributed by atoms with Crippen LogP contribution in [-0.4, -0.2) is 27.5 Å². The molecule has 0 aromatic carbocycles. The van der Waals surface area contributed by atoms with E-state index in [0.717, 1.165) is 16.1 Å². The summed E-state index contributed by atoms with van der Waals surface area (Å²) >= 11 is 6.43. The summed E-state index contributed by atoms with van der Waals surface area (Å²) in [6.45, 7) is 2.07. The highest BCUT2D eigenvalue weighted by Crippen LogP contribution is 2.15. The van der Waals surface area contributed by atoms with Gasteiger partial charge in [0, 0.05) is 29.5 Å². The summed E-state index contributed by atoms with van der Waals surface area (Å²) in [5.41, 5.74) is 1.65. The summed E-state index contributed by atoms with van der Waals surface area (Å²) in [6, 6.07) is 3.44. The number of nitrogens with one attached hydrogen (secondary N) is 2. The lowest BCUT2D eigenvalue weighted by Crippen LogP contribution is -2.29. The van der Waals surface area contributed by atoms with Gasteiger partial charge in [-0.3, -0.25) is 9.78 Å².